The molecule has 6 heteroatoms. The summed E-state index contributed by atoms with van der Waals surface area (Å²) in [6.07, 6.45) is 2.64. The van der Waals surface area contributed by atoms with Gasteiger partial charge in [-0.3, -0.25) is 0 Å². The Morgan fingerprint density at radius 3 is 2.82 bits per heavy atom. The number of hydrogen-bond donors (Lipinski definition) is 2. The zero-order chi connectivity index (χ0) is 12.4. The van der Waals surface area contributed by atoms with Crippen LogP contribution in [0.15, 0.2) is 24.5 Å². The van der Waals surface area contributed by atoms with Crippen LogP contribution in [0.3, 0.4) is 0 Å². The molecule has 2 rings (SSSR count). The van der Waals surface area contributed by atoms with Crippen molar-refractivity contribution in [3.8, 4) is 5.82 Å². The van der Waals surface area contributed by atoms with E-state index in [0.717, 1.165) is 0 Å². The maximum absolute atomic E-state index is 9.85. The molecule has 6 nitrogen and oxygen atoms in total. The number of hydrogen-bond acceptors (Lipinski definition) is 5. The summed E-state index contributed by atoms with van der Waals surface area (Å²) in [5.41, 5.74) is 6.80. The van der Waals surface area contributed by atoms with Crippen LogP contribution < -0.4 is 5.73 Å². The summed E-state index contributed by atoms with van der Waals surface area (Å²) in [5.74, 6) is 0.675. The summed E-state index contributed by atoms with van der Waals surface area (Å²) >= 11 is 0. The molecule has 17 heavy (non-hydrogen) atoms. The molecule has 90 valence electrons. The Morgan fingerprint density at radius 2 is 2.18 bits per heavy atom. The van der Waals surface area contributed by atoms with Crippen LogP contribution in [0.2, 0.25) is 0 Å². The van der Waals surface area contributed by atoms with Crippen molar-refractivity contribution in [1.29, 1.82) is 0 Å². The van der Waals surface area contributed by atoms with Gasteiger partial charge >= 0.3 is 0 Å². The van der Waals surface area contributed by atoms with E-state index in [1.54, 1.807) is 24.5 Å². The standard InChI is InChI=1S/C11H15N5O/c1-7(2)11(17)9-6-16(15-14-9)10-5-8(12)3-4-13-10/h3-7,11,17H,1-2H3,(H2,12,13). The zero-order valence-corrected chi connectivity index (χ0v) is 9.78. The largest absolute Gasteiger partial charge is 0.399 e. The van der Waals surface area contributed by atoms with Crippen LogP contribution in [-0.2, 0) is 0 Å². The first-order valence-corrected chi connectivity index (χ1v) is 5.40. The minimum absolute atomic E-state index is 0.0916. The number of rotatable bonds is 3. The van der Waals surface area contributed by atoms with Gasteiger partial charge in [0.25, 0.3) is 0 Å². The second-order valence-corrected chi connectivity index (χ2v) is 4.22. The van der Waals surface area contributed by atoms with E-state index in [1.165, 1.54) is 4.68 Å². The topological polar surface area (TPSA) is 89.8 Å². The van der Waals surface area contributed by atoms with Gasteiger partial charge in [0.15, 0.2) is 5.82 Å². The first kappa shape index (κ1) is 11.5. The fourth-order valence-electron chi connectivity index (χ4n) is 1.43. The van der Waals surface area contributed by atoms with Gasteiger partial charge in [-0.25, -0.2) is 9.67 Å². The summed E-state index contributed by atoms with van der Waals surface area (Å²) in [4.78, 5) is 4.13. The van der Waals surface area contributed by atoms with Crippen LogP contribution in [0.5, 0.6) is 0 Å². The second-order valence-electron chi connectivity index (χ2n) is 4.22. The van der Waals surface area contributed by atoms with Crippen molar-refractivity contribution in [3.05, 3.63) is 30.2 Å². The molecule has 0 amide bonds. The fourth-order valence-corrected chi connectivity index (χ4v) is 1.43. The van der Waals surface area contributed by atoms with E-state index in [1.807, 2.05) is 13.8 Å². The summed E-state index contributed by atoms with van der Waals surface area (Å²) in [7, 11) is 0. The SMILES string of the molecule is CC(C)C(O)c1cn(-c2cc(N)ccn2)nn1. The van der Waals surface area contributed by atoms with Crippen LogP contribution in [0.1, 0.15) is 25.6 Å². The van der Waals surface area contributed by atoms with Gasteiger partial charge in [0.1, 0.15) is 11.8 Å². The van der Waals surface area contributed by atoms with Crippen molar-refractivity contribution in [2.24, 2.45) is 5.92 Å². The molecule has 0 aromatic carbocycles. The van der Waals surface area contributed by atoms with E-state index in [9.17, 15) is 5.11 Å². The Labute approximate surface area is 99.1 Å². The third kappa shape index (κ3) is 2.42. The third-order valence-electron chi connectivity index (χ3n) is 2.45. The molecule has 0 fully saturated rings. The van der Waals surface area contributed by atoms with E-state index in [0.29, 0.717) is 17.2 Å². The molecule has 0 saturated carbocycles. The molecule has 0 saturated heterocycles. The number of aromatic nitrogens is 4. The average molecular weight is 233 g/mol. The van der Waals surface area contributed by atoms with Crippen molar-refractivity contribution < 1.29 is 5.11 Å². The molecule has 2 heterocycles. The zero-order valence-electron chi connectivity index (χ0n) is 9.78. The molecule has 1 unspecified atom stereocenters. The molecular weight excluding hydrogens is 218 g/mol. The summed E-state index contributed by atoms with van der Waals surface area (Å²) < 4.78 is 1.50. The van der Waals surface area contributed by atoms with Crippen LogP contribution >= 0.6 is 0 Å². The number of nitrogens with two attached hydrogens (primary N) is 1. The summed E-state index contributed by atoms with van der Waals surface area (Å²) in [6, 6.07) is 3.39. The van der Waals surface area contributed by atoms with Crippen LogP contribution in [-0.4, -0.2) is 25.1 Å². The molecule has 0 aliphatic heterocycles. The Morgan fingerprint density at radius 1 is 1.41 bits per heavy atom. The predicted octanol–water partition coefficient (Wildman–Crippen LogP) is 0.934. The van der Waals surface area contributed by atoms with Crippen LogP contribution in [0.25, 0.3) is 5.82 Å². The molecule has 0 bridgehead atoms. The quantitative estimate of drug-likeness (QED) is 0.823. The lowest BCUT2D eigenvalue weighted by Crippen LogP contribution is -2.05. The normalized spacial score (nSPS) is 12.9. The number of aliphatic hydroxyl groups excluding tert-OH is 1. The van der Waals surface area contributed by atoms with Crippen molar-refractivity contribution in [3.63, 3.8) is 0 Å². The number of anilines is 1. The highest BCUT2D eigenvalue weighted by molar-refractivity contribution is 5.42. The molecule has 0 spiro atoms. The van der Waals surface area contributed by atoms with Crippen molar-refractivity contribution in [1.82, 2.24) is 20.0 Å². The summed E-state index contributed by atoms with van der Waals surface area (Å²) in [5, 5.41) is 17.7. The second kappa shape index (κ2) is 4.50. The molecule has 0 radical (unpaired) electrons. The molecule has 0 aliphatic rings. The average Bonchev–Trinajstić information content (AvgIpc) is 2.77. The maximum Gasteiger partial charge on any atom is 0.157 e. The van der Waals surface area contributed by atoms with Gasteiger partial charge < -0.3 is 10.8 Å². The summed E-state index contributed by atoms with van der Waals surface area (Å²) in [6.45, 7) is 3.84. The van der Waals surface area contributed by atoms with E-state index in [4.69, 9.17) is 5.73 Å². The lowest BCUT2D eigenvalue weighted by atomic mass is 10.1. The lowest BCUT2D eigenvalue weighted by Gasteiger charge is -2.09. The smallest absolute Gasteiger partial charge is 0.157 e. The first-order valence-electron chi connectivity index (χ1n) is 5.40. The Balaban J connectivity index is 2.30. The number of nitrogen functional groups attached to an aromatic ring is 1. The van der Waals surface area contributed by atoms with Crippen molar-refractivity contribution in [2.75, 3.05) is 5.73 Å². The van der Waals surface area contributed by atoms with Crippen molar-refractivity contribution in [2.45, 2.75) is 20.0 Å². The molecule has 2 aromatic heterocycles. The predicted molar refractivity (Wildman–Crippen MR) is 63.4 cm³/mol. The van der Waals surface area contributed by atoms with E-state index in [2.05, 4.69) is 15.3 Å². The molecule has 1 atom stereocenters. The van der Waals surface area contributed by atoms with Gasteiger partial charge in [-0.05, 0) is 12.0 Å². The van der Waals surface area contributed by atoms with Gasteiger partial charge in [-0.2, -0.15) is 0 Å². The Hall–Kier alpha value is -1.95. The van der Waals surface area contributed by atoms with Crippen molar-refractivity contribution >= 4 is 5.69 Å². The van der Waals surface area contributed by atoms with Crippen LogP contribution in [0.4, 0.5) is 5.69 Å². The lowest BCUT2D eigenvalue weighted by molar-refractivity contribution is 0.122. The Bertz CT molecular complexity index is 508. The molecule has 2 aromatic rings. The first-order chi connectivity index (χ1) is 8.08. The van der Waals surface area contributed by atoms with Gasteiger partial charge in [0, 0.05) is 18.0 Å². The highest BCUT2D eigenvalue weighted by Crippen LogP contribution is 2.19. The molecular formula is C11H15N5O. The highest BCUT2D eigenvalue weighted by atomic mass is 16.3. The maximum atomic E-state index is 9.85. The number of aliphatic hydroxyl groups is 1. The molecule has 3 N–H and O–H groups in total. The fraction of sp³-hybridized carbons (Fsp3) is 0.364. The number of nitrogens with zero attached hydrogens (tertiary/aromatic N) is 4. The Kier molecular flexibility index (Phi) is 3.06. The van der Waals surface area contributed by atoms with Gasteiger partial charge in [0.2, 0.25) is 0 Å². The third-order valence-corrected chi connectivity index (χ3v) is 2.45. The van der Waals surface area contributed by atoms with E-state index < -0.39 is 6.10 Å². The number of pyridine rings is 1. The monoisotopic (exact) mass is 233 g/mol. The van der Waals surface area contributed by atoms with E-state index in [-0.39, 0.29) is 5.92 Å². The van der Waals surface area contributed by atoms with Gasteiger partial charge in [-0.15, -0.1) is 5.10 Å². The van der Waals surface area contributed by atoms with Gasteiger partial charge in [-0.1, -0.05) is 19.1 Å². The molecule has 0 aliphatic carbocycles. The minimum Gasteiger partial charge on any atom is -0.399 e. The highest BCUT2D eigenvalue weighted by Gasteiger charge is 2.16. The minimum atomic E-state index is -0.621. The van der Waals surface area contributed by atoms with Crippen LogP contribution in [0, 0.1) is 5.92 Å². The van der Waals surface area contributed by atoms with E-state index >= 15 is 0 Å². The van der Waals surface area contributed by atoms with Gasteiger partial charge in [0.05, 0.1) is 6.20 Å².